The molecular formula is C17H19NO2. The van der Waals surface area contributed by atoms with Gasteiger partial charge in [0.25, 0.3) is 5.91 Å². The normalized spacial score (nSPS) is 10.3. The van der Waals surface area contributed by atoms with Crippen LogP contribution < -0.4 is 5.32 Å². The predicted octanol–water partition coefficient (Wildman–Crippen LogP) is 3.70. The minimum atomic E-state index is -0.0913. The van der Waals surface area contributed by atoms with Crippen LogP contribution in [-0.4, -0.2) is 13.0 Å². The highest BCUT2D eigenvalue weighted by Gasteiger charge is 2.09. The van der Waals surface area contributed by atoms with Gasteiger partial charge in [0.2, 0.25) is 0 Å². The molecule has 0 aliphatic carbocycles. The van der Waals surface area contributed by atoms with Gasteiger partial charge in [-0.15, -0.1) is 0 Å². The Morgan fingerprint density at radius 3 is 2.20 bits per heavy atom. The molecular weight excluding hydrogens is 250 g/mol. The third-order valence-corrected chi connectivity index (χ3v) is 3.25. The molecule has 0 aliphatic rings. The second kappa shape index (κ2) is 6.35. The largest absolute Gasteiger partial charge is 0.380 e. The fourth-order valence-corrected chi connectivity index (χ4v) is 2.12. The number of aryl methyl sites for hydroxylation is 2. The number of anilines is 1. The predicted molar refractivity (Wildman–Crippen MR) is 81.0 cm³/mol. The first kappa shape index (κ1) is 14.3. The number of rotatable bonds is 4. The molecule has 0 radical (unpaired) electrons. The highest BCUT2D eigenvalue weighted by atomic mass is 16.5. The van der Waals surface area contributed by atoms with Crippen molar-refractivity contribution >= 4 is 11.6 Å². The van der Waals surface area contributed by atoms with Crippen molar-refractivity contribution in [3.63, 3.8) is 0 Å². The number of methoxy groups -OCH3 is 1. The average Bonchev–Trinajstić information content (AvgIpc) is 2.44. The number of nitrogens with one attached hydrogen (secondary N) is 1. The van der Waals surface area contributed by atoms with E-state index in [4.69, 9.17) is 4.74 Å². The zero-order chi connectivity index (χ0) is 14.5. The fourth-order valence-electron chi connectivity index (χ4n) is 2.12. The maximum Gasteiger partial charge on any atom is 0.255 e. The molecule has 1 N–H and O–H groups in total. The van der Waals surface area contributed by atoms with Crippen molar-refractivity contribution in [1.82, 2.24) is 0 Å². The van der Waals surface area contributed by atoms with Crippen LogP contribution in [0.25, 0.3) is 0 Å². The van der Waals surface area contributed by atoms with Crippen molar-refractivity contribution in [2.24, 2.45) is 0 Å². The van der Waals surface area contributed by atoms with Crippen LogP contribution in [0.5, 0.6) is 0 Å². The lowest BCUT2D eigenvalue weighted by Crippen LogP contribution is -2.13. The maximum atomic E-state index is 12.2. The summed E-state index contributed by atoms with van der Waals surface area (Å²) in [4.78, 5) is 12.2. The van der Waals surface area contributed by atoms with Crippen LogP contribution in [0, 0.1) is 13.8 Å². The topological polar surface area (TPSA) is 38.3 Å². The highest BCUT2D eigenvalue weighted by Crippen LogP contribution is 2.20. The van der Waals surface area contributed by atoms with Gasteiger partial charge in [0.1, 0.15) is 0 Å². The number of benzene rings is 2. The van der Waals surface area contributed by atoms with Gasteiger partial charge in [-0.25, -0.2) is 0 Å². The molecule has 2 rings (SSSR count). The van der Waals surface area contributed by atoms with Crippen LogP contribution in [-0.2, 0) is 11.3 Å². The minimum Gasteiger partial charge on any atom is -0.380 e. The molecule has 0 unspecified atom stereocenters. The van der Waals surface area contributed by atoms with Crippen molar-refractivity contribution in [3.8, 4) is 0 Å². The first-order valence-electron chi connectivity index (χ1n) is 6.57. The summed E-state index contributed by atoms with van der Waals surface area (Å²) in [5.74, 6) is -0.0913. The number of amides is 1. The van der Waals surface area contributed by atoms with E-state index in [1.165, 1.54) is 0 Å². The van der Waals surface area contributed by atoms with E-state index in [0.717, 1.165) is 22.4 Å². The van der Waals surface area contributed by atoms with Gasteiger partial charge in [0, 0.05) is 18.4 Å². The van der Waals surface area contributed by atoms with Gasteiger partial charge in [0.05, 0.1) is 6.61 Å². The molecule has 0 heterocycles. The molecule has 0 fully saturated rings. The Bertz CT molecular complexity index is 583. The number of hydrogen-bond acceptors (Lipinski definition) is 2. The van der Waals surface area contributed by atoms with Gasteiger partial charge in [-0.05, 0) is 42.7 Å². The summed E-state index contributed by atoms with van der Waals surface area (Å²) in [7, 11) is 1.65. The summed E-state index contributed by atoms with van der Waals surface area (Å²) in [6, 6.07) is 13.4. The van der Waals surface area contributed by atoms with E-state index in [2.05, 4.69) is 5.32 Å². The first-order chi connectivity index (χ1) is 9.61. The number of para-hydroxylation sites is 1. The summed E-state index contributed by atoms with van der Waals surface area (Å²) in [6.07, 6.45) is 0. The number of hydrogen-bond donors (Lipinski definition) is 1. The molecule has 0 spiro atoms. The Morgan fingerprint density at radius 1 is 1.05 bits per heavy atom. The quantitative estimate of drug-likeness (QED) is 0.919. The Labute approximate surface area is 119 Å². The van der Waals surface area contributed by atoms with E-state index in [-0.39, 0.29) is 5.91 Å². The van der Waals surface area contributed by atoms with Crippen LogP contribution in [0.3, 0.4) is 0 Å². The Kier molecular flexibility index (Phi) is 4.53. The van der Waals surface area contributed by atoms with Crippen molar-refractivity contribution in [2.75, 3.05) is 12.4 Å². The van der Waals surface area contributed by atoms with E-state index >= 15 is 0 Å². The third-order valence-electron chi connectivity index (χ3n) is 3.25. The molecule has 0 aromatic heterocycles. The first-order valence-corrected chi connectivity index (χ1v) is 6.57. The van der Waals surface area contributed by atoms with Crippen LogP contribution in [0.1, 0.15) is 27.0 Å². The summed E-state index contributed by atoms with van der Waals surface area (Å²) in [5.41, 5.74) is 4.71. The molecule has 3 heteroatoms. The molecule has 1 amide bonds. The number of carbonyl (C=O) groups is 1. The SMILES string of the molecule is COCc1ccc(C(=O)Nc2c(C)cccc2C)cc1. The maximum absolute atomic E-state index is 12.2. The number of ether oxygens (including phenoxy) is 1. The van der Waals surface area contributed by atoms with E-state index in [1.54, 1.807) is 7.11 Å². The van der Waals surface area contributed by atoms with E-state index in [1.807, 2.05) is 56.3 Å². The number of carbonyl (C=O) groups excluding carboxylic acids is 1. The molecule has 2 aromatic rings. The molecule has 0 saturated carbocycles. The summed E-state index contributed by atoms with van der Waals surface area (Å²) >= 11 is 0. The molecule has 3 nitrogen and oxygen atoms in total. The molecule has 20 heavy (non-hydrogen) atoms. The molecule has 104 valence electrons. The van der Waals surface area contributed by atoms with Crippen molar-refractivity contribution in [3.05, 3.63) is 64.7 Å². The lowest BCUT2D eigenvalue weighted by molar-refractivity contribution is 0.102. The second-order valence-corrected chi connectivity index (χ2v) is 4.85. The van der Waals surface area contributed by atoms with Gasteiger partial charge >= 0.3 is 0 Å². The fraction of sp³-hybridized carbons (Fsp3) is 0.235. The van der Waals surface area contributed by atoms with Gasteiger partial charge < -0.3 is 10.1 Å². The standard InChI is InChI=1S/C17H19NO2/c1-12-5-4-6-13(2)16(12)18-17(19)15-9-7-14(8-10-15)11-20-3/h4-10H,11H2,1-3H3,(H,18,19). The van der Waals surface area contributed by atoms with Crippen LogP contribution in [0.4, 0.5) is 5.69 Å². The van der Waals surface area contributed by atoms with E-state index in [0.29, 0.717) is 12.2 Å². The average molecular weight is 269 g/mol. The molecule has 2 aromatic carbocycles. The third kappa shape index (κ3) is 3.25. The zero-order valence-corrected chi connectivity index (χ0v) is 12.1. The van der Waals surface area contributed by atoms with Crippen LogP contribution in [0.15, 0.2) is 42.5 Å². The van der Waals surface area contributed by atoms with Crippen LogP contribution >= 0.6 is 0 Å². The van der Waals surface area contributed by atoms with Gasteiger partial charge in [-0.2, -0.15) is 0 Å². The minimum absolute atomic E-state index is 0.0913. The van der Waals surface area contributed by atoms with Crippen LogP contribution in [0.2, 0.25) is 0 Å². The monoisotopic (exact) mass is 269 g/mol. The van der Waals surface area contributed by atoms with E-state index < -0.39 is 0 Å². The molecule has 0 aliphatic heterocycles. The summed E-state index contributed by atoms with van der Waals surface area (Å²) in [5, 5.41) is 2.98. The van der Waals surface area contributed by atoms with E-state index in [9.17, 15) is 4.79 Å². The summed E-state index contributed by atoms with van der Waals surface area (Å²) < 4.78 is 5.05. The van der Waals surface area contributed by atoms with Crippen molar-refractivity contribution in [2.45, 2.75) is 20.5 Å². The zero-order valence-electron chi connectivity index (χ0n) is 12.1. The van der Waals surface area contributed by atoms with Gasteiger partial charge in [-0.1, -0.05) is 30.3 Å². The van der Waals surface area contributed by atoms with Gasteiger partial charge in [-0.3, -0.25) is 4.79 Å². The van der Waals surface area contributed by atoms with Crippen molar-refractivity contribution < 1.29 is 9.53 Å². The lowest BCUT2D eigenvalue weighted by Gasteiger charge is -2.11. The lowest BCUT2D eigenvalue weighted by atomic mass is 10.1. The van der Waals surface area contributed by atoms with Gasteiger partial charge in [0.15, 0.2) is 0 Å². The Morgan fingerprint density at radius 2 is 1.65 bits per heavy atom. The summed E-state index contributed by atoms with van der Waals surface area (Å²) in [6.45, 7) is 4.54. The Hall–Kier alpha value is -2.13. The smallest absolute Gasteiger partial charge is 0.255 e. The Balaban J connectivity index is 2.16. The molecule has 0 atom stereocenters. The second-order valence-electron chi connectivity index (χ2n) is 4.85. The van der Waals surface area contributed by atoms with Crippen molar-refractivity contribution in [1.29, 1.82) is 0 Å². The highest BCUT2D eigenvalue weighted by molar-refractivity contribution is 6.05. The molecule has 0 bridgehead atoms. The molecule has 0 saturated heterocycles.